The van der Waals surface area contributed by atoms with Crippen molar-refractivity contribution in [1.82, 2.24) is 9.97 Å². The fraction of sp³-hybridized carbons (Fsp3) is 0.545. The van der Waals surface area contributed by atoms with Gasteiger partial charge in [0.25, 0.3) is 0 Å². The van der Waals surface area contributed by atoms with E-state index in [1.165, 1.54) is 29.7 Å². The van der Waals surface area contributed by atoms with Gasteiger partial charge < -0.3 is 20.4 Å². The maximum atomic E-state index is 6.56. The zero-order valence-corrected chi connectivity index (χ0v) is 17.4. The number of aryl methyl sites for hydroxylation is 1. The maximum Gasteiger partial charge on any atom is 0.157 e. The lowest BCUT2D eigenvalue weighted by molar-refractivity contribution is 0.445. The number of hydrogen-bond acceptors (Lipinski definition) is 6. The maximum absolute atomic E-state index is 6.56. The fourth-order valence-electron chi connectivity index (χ4n) is 4.50. The molecule has 1 aromatic carbocycles. The molecule has 0 amide bonds. The minimum absolute atomic E-state index is 0.688. The predicted octanol–water partition coefficient (Wildman–Crippen LogP) is 3.24. The zero-order valence-electron chi connectivity index (χ0n) is 17.4. The van der Waals surface area contributed by atoms with E-state index in [4.69, 9.17) is 5.73 Å². The van der Waals surface area contributed by atoms with E-state index in [1.807, 2.05) is 0 Å². The van der Waals surface area contributed by atoms with E-state index in [2.05, 4.69) is 63.6 Å². The first-order valence-electron chi connectivity index (χ1n) is 10.5. The molecule has 150 valence electrons. The van der Waals surface area contributed by atoms with Gasteiger partial charge >= 0.3 is 0 Å². The van der Waals surface area contributed by atoms with Crippen LogP contribution in [0.1, 0.15) is 30.9 Å². The Morgan fingerprint density at radius 3 is 2.32 bits per heavy atom. The van der Waals surface area contributed by atoms with Crippen molar-refractivity contribution in [2.45, 2.75) is 33.6 Å². The lowest BCUT2D eigenvalue weighted by Gasteiger charge is -2.38. The molecule has 1 aromatic heterocycles. The van der Waals surface area contributed by atoms with Gasteiger partial charge in [-0.15, -0.1) is 0 Å². The average molecular weight is 381 g/mol. The van der Waals surface area contributed by atoms with Crippen LogP contribution in [0.25, 0.3) is 0 Å². The average Bonchev–Trinajstić information content (AvgIpc) is 2.70. The molecule has 0 spiro atoms. The van der Waals surface area contributed by atoms with E-state index >= 15 is 0 Å². The van der Waals surface area contributed by atoms with Gasteiger partial charge in [0.2, 0.25) is 0 Å². The lowest BCUT2D eigenvalue weighted by Crippen LogP contribution is -2.47. The van der Waals surface area contributed by atoms with E-state index < -0.39 is 0 Å². The molecule has 0 bridgehead atoms. The SMILES string of the molecule is Cc1cccc(N2CCN(c3ncnc(N4CCCC(C)C4)c3N)CC2)c1C. The van der Waals surface area contributed by atoms with Crippen LogP contribution in [0.3, 0.4) is 0 Å². The molecule has 2 saturated heterocycles. The highest BCUT2D eigenvalue weighted by Crippen LogP contribution is 2.32. The Hall–Kier alpha value is -2.50. The molecule has 6 heteroatoms. The van der Waals surface area contributed by atoms with Crippen molar-refractivity contribution in [3.8, 4) is 0 Å². The molecule has 1 atom stereocenters. The molecule has 2 aromatic rings. The molecule has 0 radical (unpaired) electrons. The molecule has 4 rings (SSSR count). The summed E-state index contributed by atoms with van der Waals surface area (Å²) < 4.78 is 0. The van der Waals surface area contributed by atoms with Crippen LogP contribution in [0.15, 0.2) is 24.5 Å². The molecule has 2 aliphatic heterocycles. The number of rotatable bonds is 3. The van der Waals surface area contributed by atoms with Crippen LogP contribution in [0.5, 0.6) is 0 Å². The molecular weight excluding hydrogens is 348 g/mol. The number of aromatic nitrogens is 2. The number of hydrogen-bond donors (Lipinski definition) is 1. The Morgan fingerprint density at radius 2 is 1.61 bits per heavy atom. The summed E-state index contributed by atoms with van der Waals surface area (Å²) in [6.45, 7) is 12.6. The second-order valence-electron chi connectivity index (χ2n) is 8.32. The largest absolute Gasteiger partial charge is 0.393 e. The van der Waals surface area contributed by atoms with Crippen molar-refractivity contribution in [1.29, 1.82) is 0 Å². The van der Waals surface area contributed by atoms with Crippen molar-refractivity contribution in [2.75, 3.05) is 59.7 Å². The van der Waals surface area contributed by atoms with Gasteiger partial charge in [0, 0.05) is 45.0 Å². The van der Waals surface area contributed by atoms with Crippen molar-refractivity contribution in [2.24, 2.45) is 5.92 Å². The summed E-state index contributed by atoms with van der Waals surface area (Å²) in [6.07, 6.45) is 4.17. The lowest BCUT2D eigenvalue weighted by atomic mass is 10.0. The third kappa shape index (κ3) is 3.60. The molecule has 1 unspecified atom stereocenters. The quantitative estimate of drug-likeness (QED) is 0.882. The monoisotopic (exact) mass is 380 g/mol. The highest BCUT2D eigenvalue weighted by atomic mass is 15.3. The summed E-state index contributed by atoms with van der Waals surface area (Å²) in [5.41, 5.74) is 11.4. The summed E-state index contributed by atoms with van der Waals surface area (Å²) in [4.78, 5) is 16.2. The first-order valence-corrected chi connectivity index (χ1v) is 10.5. The summed E-state index contributed by atoms with van der Waals surface area (Å²) in [5, 5.41) is 0. The molecule has 3 heterocycles. The number of nitrogens with zero attached hydrogens (tertiary/aromatic N) is 5. The van der Waals surface area contributed by atoms with Gasteiger partial charge in [-0.1, -0.05) is 19.1 Å². The normalized spacial score (nSPS) is 20.5. The molecule has 0 saturated carbocycles. The Balaban J connectivity index is 1.49. The number of piperazine rings is 1. The number of anilines is 4. The smallest absolute Gasteiger partial charge is 0.157 e. The van der Waals surface area contributed by atoms with Crippen molar-refractivity contribution in [3.05, 3.63) is 35.7 Å². The first-order chi connectivity index (χ1) is 13.5. The second-order valence-corrected chi connectivity index (χ2v) is 8.32. The van der Waals surface area contributed by atoms with E-state index in [0.29, 0.717) is 5.92 Å². The topological polar surface area (TPSA) is 61.5 Å². The standard InChI is InChI=1S/C22H32N6/c1-16-6-5-9-28(14-16)22-20(23)21(24-15-25-22)27-12-10-26(11-13-27)19-8-4-7-17(2)18(19)3/h4,7-8,15-16H,5-6,9-14,23H2,1-3H3. The summed E-state index contributed by atoms with van der Waals surface area (Å²) in [7, 11) is 0. The summed E-state index contributed by atoms with van der Waals surface area (Å²) in [6, 6.07) is 6.56. The number of benzene rings is 1. The number of piperidine rings is 1. The van der Waals surface area contributed by atoms with E-state index in [-0.39, 0.29) is 0 Å². The van der Waals surface area contributed by atoms with Crippen LogP contribution >= 0.6 is 0 Å². The second kappa shape index (κ2) is 7.86. The van der Waals surface area contributed by atoms with E-state index in [9.17, 15) is 0 Å². The molecule has 28 heavy (non-hydrogen) atoms. The summed E-state index contributed by atoms with van der Waals surface area (Å²) in [5.74, 6) is 2.49. The third-order valence-corrected chi connectivity index (χ3v) is 6.29. The predicted molar refractivity (Wildman–Crippen MR) is 117 cm³/mol. The Bertz CT molecular complexity index is 828. The highest BCUT2D eigenvalue weighted by molar-refractivity contribution is 5.76. The molecule has 0 aliphatic carbocycles. The van der Waals surface area contributed by atoms with Gasteiger partial charge in [-0.05, 0) is 49.8 Å². The van der Waals surface area contributed by atoms with Crippen molar-refractivity contribution in [3.63, 3.8) is 0 Å². The molecule has 2 N–H and O–H groups in total. The van der Waals surface area contributed by atoms with Crippen LogP contribution in [0.4, 0.5) is 23.0 Å². The summed E-state index contributed by atoms with van der Waals surface area (Å²) >= 11 is 0. The van der Waals surface area contributed by atoms with Gasteiger partial charge in [0.05, 0.1) is 0 Å². The van der Waals surface area contributed by atoms with Gasteiger partial charge in [-0.3, -0.25) is 0 Å². The Morgan fingerprint density at radius 1 is 0.929 bits per heavy atom. The van der Waals surface area contributed by atoms with Crippen LogP contribution in [0, 0.1) is 19.8 Å². The minimum atomic E-state index is 0.688. The molecule has 6 nitrogen and oxygen atoms in total. The van der Waals surface area contributed by atoms with Gasteiger partial charge in [-0.2, -0.15) is 0 Å². The third-order valence-electron chi connectivity index (χ3n) is 6.29. The minimum Gasteiger partial charge on any atom is -0.393 e. The van der Waals surface area contributed by atoms with Gasteiger partial charge in [0.1, 0.15) is 12.0 Å². The number of nitrogen functional groups attached to an aromatic ring is 1. The van der Waals surface area contributed by atoms with Crippen molar-refractivity contribution < 1.29 is 0 Å². The van der Waals surface area contributed by atoms with Crippen LogP contribution in [-0.2, 0) is 0 Å². The number of nitrogens with two attached hydrogens (primary N) is 1. The fourth-order valence-corrected chi connectivity index (χ4v) is 4.50. The van der Waals surface area contributed by atoms with Crippen molar-refractivity contribution >= 4 is 23.0 Å². The van der Waals surface area contributed by atoms with Gasteiger partial charge in [0.15, 0.2) is 11.6 Å². The molecule has 2 aliphatic rings. The Kier molecular flexibility index (Phi) is 5.29. The van der Waals surface area contributed by atoms with E-state index in [1.54, 1.807) is 6.33 Å². The molecule has 2 fully saturated rings. The molecular formula is C22H32N6. The van der Waals surface area contributed by atoms with Crippen LogP contribution < -0.4 is 20.4 Å². The highest BCUT2D eigenvalue weighted by Gasteiger charge is 2.25. The van der Waals surface area contributed by atoms with Crippen LogP contribution in [-0.4, -0.2) is 49.2 Å². The van der Waals surface area contributed by atoms with Crippen LogP contribution in [0.2, 0.25) is 0 Å². The zero-order chi connectivity index (χ0) is 19.7. The Labute approximate surface area is 168 Å². The van der Waals surface area contributed by atoms with E-state index in [0.717, 1.165) is 56.6 Å². The van der Waals surface area contributed by atoms with Gasteiger partial charge in [-0.25, -0.2) is 9.97 Å². The first kappa shape index (κ1) is 18.8.